The molecule has 0 N–H and O–H groups in total. The second kappa shape index (κ2) is 1.94. The lowest BCUT2D eigenvalue weighted by atomic mass is 10.5. The molecule has 0 bridgehead atoms. The van der Waals surface area contributed by atoms with Crippen molar-refractivity contribution in [3.05, 3.63) is 0 Å². The Morgan fingerprint density at radius 3 is 2.00 bits per heavy atom. The van der Waals surface area contributed by atoms with E-state index in [0.717, 1.165) is 0 Å². The minimum atomic E-state index is -1.20. The molecule has 1 unspecified atom stereocenters. The zero-order valence-corrected chi connectivity index (χ0v) is 9.24. The Balaban J connectivity index is 2.33. The van der Waals surface area contributed by atoms with Gasteiger partial charge in [-0.2, -0.15) is 0 Å². The fourth-order valence-electron chi connectivity index (χ4n) is 1.02. The SMILES string of the molecule is CC1(O[Si](C)(C)C)C[SiH2]1. The molecule has 1 nitrogen and oxygen atoms in total. The molecule has 1 fully saturated rings. The molecular formula is C6H16OSi2. The van der Waals surface area contributed by atoms with Crippen molar-refractivity contribution in [1.82, 2.24) is 0 Å². The predicted molar refractivity (Wildman–Crippen MR) is 46.2 cm³/mol. The van der Waals surface area contributed by atoms with E-state index in [4.69, 9.17) is 4.43 Å². The first-order chi connectivity index (χ1) is 3.91. The first kappa shape index (κ1) is 7.50. The van der Waals surface area contributed by atoms with Crippen molar-refractivity contribution in [2.45, 2.75) is 37.8 Å². The van der Waals surface area contributed by atoms with Gasteiger partial charge in [-0.15, -0.1) is 0 Å². The molecule has 0 amide bonds. The summed E-state index contributed by atoms with van der Waals surface area (Å²) in [4.78, 5) is 0. The Morgan fingerprint density at radius 1 is 1.44 bits per heavy atom. The maximum atomic E-state index is 5.94. The van der Waals surface area contributed by atoms with Gasteiger partial charge in [0.2, 0.25) is 0 Å². The van der Waals surface area contributed by atoms with Crippen molar-refractivity contribution in [2.24, 2.45) is 0 Å². The van der Waals surface area contributed by atoms with Crippen LogP contribution in [0.5, 0.6) is 0 Å². The van der Waals surface area contributed by atoms with Gasteiger partial charge in [-0.3, -0.25) is 0 Å². The van der Waals surface area contributed by atoms with E-state index in [1.165, 1.54) is 6.04 Å². The minimum absolute atomic E-state index is 0.217. The maximum Gasteiger partial charge on any atom is 0.183 e. The van der Waals surface area contributed by atoms with Crippen molar-refractivity contribution < 1.29 is 4.43 Å². The largest absolute Gasteiger partial charge is 0.416 e. The molecule has 54 valence electrons. The highest BCUT2D eigenvalue weighted by Crippen LogP contribution is 2.33. The summed E-state index contributed by atoms with van der Waals surface area (Å²) < 4.78 is 5.94. The van der Waals surface area contributed by atoms with Crippen LogP contribution in [-0.4, -0.2) is 23.1 Å². The number of rotatable bonds is 2. The summed E-state index contributed by atoms with van der Waals surface area (Å²) in [5, 5.41) is 0.435. The monoisotopic (exact) mass is 160 g/mol. The first-order valence-electron chi connectivity index (χ1n) is 3.62. The molecule has 0 aromatic rings. The summed E-state index contributed by atoms with van der Waals surface area (Å²) in [7, 11) is -0.979. The van der Waals surface area contributed by atoms with Crippen LogP contribution in [0.2, 0.25) is 25.7 Å². The van der Waals surface area contributed by atoms with Crippen molar-refractivity contribution >= 4 is 17.8 Å². The number of hydrogen-bond donors (Lipinski definition) is 0. The fraction of sp³-hybridized carbons (Fsp3) is 1.00. The minimum Gasteiger partial charge on any atom is -0.416 e. The Bertz CT molecular complexity index is 109. The molecule has 0 aliphatic carbocycles. The normalized spacial score (nSPS) is 37.3. The molecule has 1 aliphatic rings. The fourth-order valence-corrected chi connectivity index (χ4v) is 4.96. The standard InChI is InChI=1S/C6H16OSi2/c1-6(5-8-6)7-9(2,3)4/h5,8H2,1-4H3. The first-order valence-corrected chi connectivity index (χ1v) is 8.73. The molecule has 0 spiro atoms. The van der Waals surface area contributed by atoms with Crippen LogP contribution in [-0.2, 0) is 4.43 Å². The van der Waals surface area contributed by atoms with Crippen LogP contribution in [0.3, 0.4) is 0 Å². The Morgan fingerprint density at radius 2 is 1.89 bits per heavy atom. The Labute approximate surface area is 60.8 Å². The lowest BCUT2D eigenvalue weighted by Gasteiger charge is -2.22. The van der Waals surface area contributed by atoms with Gasteiger partial charge in [0.15, 0.2) is 8.32 Å². The highest BCUT2D eigenvalue weighted by Gasteiger charge is 2.42. The molecule has 1 aliphatic heterocycles. The lowest BCUT2D eigenvalue weighted by molar-refractivity contribution is 0.226. The van der Waals surface area contributed by atoms with Gasteiger partial charge in [0.05, 0.1) is 9.52 Å². The van der Waals surface area contributed by atoms with Crippen LogP contribution >= 0.6 is 0 Å². The second-order valence-corrected chi connectivity index (χ2v) is 11.1. The Kier molecular flexibility index (Phi) is 1.61. The lowest BCUT2D eigenvalue weighted by Crippen LogP contribution is -2.32. The van der Waals surface area contributed by atoms with Crippen molar-refractivity contribution in [1.29, 1.82) is 0 Å². The van der Waals surface area contributed by atoms with Crippen molar-refractivity contribution in [3.63, 3.8) is 0 Å². The summed E-state index contributed by atoms with van der Waals surface area (Å²) in [6.07, 6.45) is 0. The second-order valence-electron chi connectivity index (χ2n) is 4.16. The quantitative estimate of drug-likeness (QED) is 0.551. The third-order valence-corrected chi connectivity index (χ3v) is 4.95. The van der Waals surface area contributed by atoms with Gasteiger partial charge in [0.25, 0.3) is 0 Å². The van der Waals surface area contributed by atoms with Gasteiger partial charge in [0, 0.05) is 5.22 Å². The molecule has 9 heavy (non-hydrogen) atoms. The van der Waals surface area contributed by atoms with E-state index < -0.39 is 8.32 Å². The van der Waals surface area contributed by atoms with Gasteiger partial charge < -0.3 is 4.43 Å². The van der Waals surface area contributed by atoms with E-state index in [0.29, 0.717) is 5.22 Å². The zero-order chi connectivity index (χ0) is 7.12. The Hall–Kier alpha value is 0.394. The van der Waals surface area contributed by atoms with E-state index in [1.807, 2.05) is 0 Å². The molecule has 0 aromatic heterocycles. The molecule has 0 aromatic carbocycles. The summed E-state index contributed by atoms with van der Waals surface area (Å²) in [6, 6.07) is 1.41. The van der Waals surface area contributed by atoms with Gasteiger partial charge in [-0.25, -0.2) is 0 Å². The van der Waals surface area contributed by atoms with Crippen molar-refractivity contribution in [2.75, 3.05) is 0 Å². The van der Waals surface area contributed by atoms with Crippen LogP contribution in [0.25, 0.3) is 0 Å². The van der Waals surface area contributed by atoms with Crippen molar-refractivity contribution in [3.8, 4) is 0 Å². The zero-order valence-electron chi connectivity index (χ0n) is 6.82. The van der Waals surface area contributed by atoms with Crippen LogP contribution in [0.4, 0.5) is 0 Å². The number of hydrogen-bond acceptors (Lipinski definition) is 1. The molecular weight excluding hydrogens is 144 g/mol. The predicted octanol–water partition coefficient (Wildman–Crippen LogP) is 1.15. The van der Waals surface area contributed by atoms with Crippen LogP contribution in [0, 0.1) is 0 Å². The average molecular weight is 160 g/mol. The van der Waals surface area contributed by atoms with Gasteiger partial charge in [-0.05, 0) is 32.6 Å². The molecule has 0 saturated carbocycles. The van der Waals surface area contributed by atoms with E-state index in [1.54, 1.807) is 0 Å². The molecule has 1 saturated heterocycles. The summed E-state index contributed by atoms with van der Waals surface area (Å²) in [5.74, 6) is 0. The summed E-state index contributed by atoms with van der Waals surface area (Å²) in [5.41, 5.74) is 0. The van der Waals surface area contributed by atoms with E-state index in [-0.39, 0.29) is 9.52 Å². The molecule has 1 rings (SSSR count). The summed E-state index contributed by atoms with van der Waals surface area (Å²) in [6.45, 7) is 9.08. The molecule has 3 heteroatoms. The molecule has 1 atom stereocenters. The molecule has 1 heterocycles. The maximum absolute atomic E-state index is 5.94. The third-order valence-electron chi connectivity index (χ3n) is 1.51. The smallest absolute Gasteiger partial charge is 0.183 e. The van der Waals surface area contributed by atoms with E-state index in [9.17, 15) is 0 Å². The van der Waals surface area contributed by atoms with Gasteiger partial charge >= 0.3 is 0 Å². The highest BCUT2D eigenvalue weighted by molar-refractivity contribution is 6.71. The molecule has 0 radical (unpaired) electrons. The van der Waals surface area contributed by atoms with Gasteiger partial charge in [-0.1, -0.05) is 0 Å². The summed E-state index contributed by atoms with van der Waals surface area (Å²) >= 11 is 0. The highest BCUT2D eigenvalue weighted by atomic mass is 28.4. The topological polar surface area (TPSA) is 9.23 Å². The van der Waals surface area contributed by atoms with E-state index >= 15 is 0 Å². The van der Waals surface area contributed by atoms with Gasteiger partial charge in [0.1, 0.15) is 0 Å². The average Bonchev–Trinajstić information content (AvgIpc) is 2.12. The van der Waals surface area contributed by atoms with Crippen LogP contribution < -0.4 is 0 Å². The van der Waals surface area contributed by atoms with Crippen LogP contribution in [0.1, 0.15) is 6.92 Å². The van der Waals surface area contributed by atoms with E-state index in [2.05, 4.69) is 26.6 Å². The third kappa shape index (κ3) is 2.64. The van der Waals surface area contributed by atoms with Crippen LogP contribution in [0.15, 0.2) is 0 Å².